The van der Waals surface area contributed by atoms with Gasteiger partial charge in [-0.05, 0) is 29.3 Å². The third-order valence-corrected chi connectivity index (χ3v) is 5.88. The Morgan fingerprint density at radius 1 is 1.07 bits per heavy atom. The average molecular weight is 375 g/mol. The smallest absolute Gasteiger partial charge is 0.245 e. The number of hydrogen-bond acceptors (Lipinski definition) is 3. The molecule has 3 heterocycles. The average Bonchev–Trinajstić information content (AvgIpc) is 3.09. The summed E-state index contributed by atoms with van der Waals surface area (Å²) in [7, 11) is 3.33. The number of para-hydroxylation sites is 1. The van der Waals surface area contributed by atoms with Crippen LogP contribution in [0.25, 0.3) is 10.9 Å². The summed E-state index contributed by atoms with van der Waals surface area (Å²) in [5.74, 6) is 0.722. The number of nitrogens with one attached hydrogen (secondary N) is 1. The second-order valence-electron chi connectivity index (χ2n) is 7.45. The number of fused-ring (bicyclic) bond motifs is 4. The molecule has 1 N–H and O–H groups in total. The number of ether oxygens (including phenoxy) is 1. The fourth-order valence-corrected chi connectivity index (χ4v) is 4.54. The highest BCUT2D eigenvalue weighted by molar-refractivity contribution is 5.97. The van der Waals surface area contributed by atoms with Gasteiger partial charge in [0.25, 0.3) is 0 Å². The summed E-state index contributed by atoms with van der Waals surface area (Å²) in [6.07, 6.45) is 0.529. The first-order valence-corrected chi connectivity index (χ1v) is 9.38. The van der Waals surface area contributed by atoms with E-state index >= 15 is 0 Å². The summed E-state index contributed by atoms with van der Waals surface area (Å²) >= 11 is 0. The van der Waals surface area contributed by atoms with Crippen LogP contribution in [0.4, 0.5) is 0 Å². The molecule has 3 aromatic rings. The Morgan fingerprint density at radius 2 is 1.82 bits per heavy atom. The number of nitrogens with zero attached hydrogens (tertiary/aromatic N) is 2. The topological polar surface area (TPSA) is 65.6 Å². The SMILES string of the molecule is COc1ccc([C@@H]2c3[nH]c4ccccc4c3C[C@@H]3C(=O)N(C)CC(=O)N23)cc1. The number of benzene rings is 2. The van der Waals surface area contributed by atoms with Gasteiger partial charge in [-0.1, -0.05) is 30.3 Å². The summed E-state index contributed by atoms with van der Waals surface area (Å²) in [5, 5.41) is 1.11. The molecule has 5 rings (SSSR count). The van der Waals surface area contributed by atoms with Gasteiger partial charge in [0.15, 0.2) is 0 Å². The summed E-state index contributed by atoms with van der Waals surface area (Å²) in [6.45, 7) is 0.109. The van der Waals surface area contributed by atoms with Gasteiger partial charge < -0.3 is 19.5 Å². The number of methoxy groups -OCH3 is 1. The quantitative estimate of drug-likeness (QED) is 0.748. The molecule has 142 valence electrons. The van der Waals surface area contributed by atoms with Crippen LogP contribution in [0, 0.1) is 0 Å². The lowest BCUT2D eigenvalue weighted by molar-refractivity contribution is -0.157. The number of aromatic nitrogens is 1. The number of aromatic amines is 1. The number of carbonyl (C=O) groups excluding carboxylic acids is 2. The Kier molecular flexibility index (Phi) is 3.69. The van der Waals surface area contributed by atoms with Gasteiger partial charge in [0.05, 0.1) is 19.7 Å². The van der Waals surface area contributed by atoms with Crippen molar-refractivity contribution in [3.05, 3.63) is 65.4 Å². The Morgan fingerprint density at radius 3 is 2.57 bits per heavy atom. The van der Waals surface area contributed by atoms with Gasteiger partial charge in [-0.25, -0.2) is 0 Å². The highest BCUT2D eigenvalue weighted by Crippen LogP contribution is 2.42. The lowest BCUT2D eigenvalue weighted by Gasteiger charge is -2.46. The number of amides is 2. The number of rotatable bonds is 2. The van der Waals surface area contributed by atoms with Crippen molar-refractivity contribution in [1.82, 2.24) is 14.8 Å². The lowest BCUT2D eigenvalue weighted by Crippen LogP contribution is -2.62. The van der Waals surface area contributed by atoms with E-state index in [1.165, 1.54) is 4.90 Å². The first kappa shape index (κ1) is 16.9. The minimum absolute atomic E-state index is 0.00552. The normalized spacial score (nSPS) is 21.6. The molecule has 6 heteroatoms. The maximum Gasteiger partial charge on any atom is 0.245 e. The maximum absolute atomic E-state index is 13.0. The fraction of sp³-hybridized carbons (Fsp3) is 0.273. The summed E-state index contributed by atoms with van der Waals surface area (Å²) in [6, 6.07) is 15.0. The molecule has 2 aliphatic rings. The van der Waals surface area contributed by atoms with Crippen LogP contribution in [0.15, 0.2) is 48.5 Å². The molecule has 2 atom stereocenters. The van der Waals surface area contributed by atoms with Gasteiger partial charge in [-0.15, -0.1) is 0 Å². The summed E-state index contributed by atoms with van der Waals surface area (Å²) in [5.41, 5.74) is 4.10. The number of piperazine rings is 1. The molecule has 0 spiro atoms. The predicted molar refractivity (Wildman–Crippen MR) is 105 cm³/mol. The second kappa shape index (κ2) is 6.12. The van der Waals surface area contributed by atoms with Gasteiger partial charge in [-0.2, -0.15) is 0 Å². The first-order chi connectivity index (χ1) is 13.6. The second-order valence-corrected chi connectivity index (χ2v) is 7.45. The molecule has 0 radical (unpaired) electrons. The van der Waals surface area contributed by atoms with Gasteiger partial charge in [0.1, 0.15) is 11.8 Å². The van der Waals surface area contributed by atoms with E-state index in [1.54, 1.807) is 19.1 Å². The van der Waals surface area contributed by atoms with Crippen molar-refractivity contribution in [2.24, 2.45) is 0 Å². The molecule has 1 fully saturated rings. The van der Waals surface area contributed by atoms with Crippen LogP contribution in [0.3, 0.4) is 0 Å². The molecule has 28 heavy (non-hydrogen) atoms. The van der Waals surface area contributed by atoms with E-state index in [0.717, 1.165) is 33.5 Å². The monoisotopic (exact) mass is 375 g/mol. The lowest BCUT2D eigenvalue weighted by atomic mass is 9.86. The van der Waals surface area contributed by atoms with E-state index in [4.69, 9.17) is 4.74 Å². The van der Waals surface area contributed by atoms with Crippen LogP contribution in [0.2, 0.25) is 0 Å². The fourth-order valence-electron chi connectivity index (χ4n) is 4.54. The van der Waals surface area contributed by atoms with Gasteiger partial charge in [-0.3, -0.25) is 9.59 Å². The van der Waals surface area contributed by atoms with Crippen LogP contribution >= 0.6 is 0 Å². The van der Waals surface area contributed by atoms with E-state index in [-0.39, 0.29) is 24.4 Å². The van der Waals surface area contributed by atoms with Crippen molar-refractivity contribution in [2.75, 3.05) is 20.7 Å². The zero-order valence-corrected chi connectivity index (χ0v) is 15.8. The minimum atomic E-state index is -0.481. The molecule has 0 bridgehead atoms. The van der Waals surface area contributed by atoms with Gasteiger partial charge in [0.2, 0.25) is 11.8 Å². The zero-order chi connectivity index (χ0) is 19.4. The van der Waals surface area contributed by atoms with E-state index in [1.807, 2.05) is 42.5 Å². The molecule has 1 saturated heterocycles. The Hall–Kier alpha value is -3.28. The van der Waals surface area contributed by atoms with E-state index in [0.29, 0.717) is 6.42 Å². The van der Waals surface area contributed by atoms with Crippen LogP contribution in [0.5, 0.6) is 5.75 Å². The standard InChI is InChI=1S/C22H21N3O3/c1-24-12-19(26)25-18(22(24)27)11-16-15-5-3-4-6-17(15)23-20(16)21(25)13-7-9-14(28-2)10-8-13/h3-10,18,21,23H,11-12H2,1-2H3/t18-,21-/m1/s1. The summed E-state index contributed by atoms with van der Waals surface area (Å²) < 4.78 is 5.28. The van der Waals surface area contributed by atoms with Crippen molar-refractivity contribution in [3.63, 3.8) is 0 Å². The third-order valence-electron chi connectivity index (χ3n) is 5.88. The van der Waals surface area contributed by atoms with Gasteiger partial charge >= 0.3 is 0 Å². The molecule has 6 nitrogen and oxygen atoms in total. The van der Waals surface area contributed by atoms with Crippen molar-refractivity contribution in [2.45, 2.75) is 18.5 Å². The Bertz CT molecular complexity index is 1090. The molecule has 0 aliphatic carbocycles. The molecular formula is C22H21N3O3. The number of hydrogen-bond donors (Lipinski definition) is 1. The largest absolute Gasteiger partial charge is 0.497 e. The Balaban J connectivity index is 1.73. The van der Waals surface area contributed by atoms with Crippen molar-refractivity contribution in [3.8, 4) is 5.75 Å². The predicted octanol–water partition coefficient (Wildman–Crippen LogP) is 2.49. The first-order valence-electron chi connectivity index (χ1n) is 9.38. The molecule has 0 unspecified atom stereocenters. The van der Waals surface area contributed by atoms with E-state index in [9.17, 15) is 9.59 Å². The minimum Gasteiger partial charge on any atom is -0.497 e. The van der Waals surface area contributed by atoms with E-state index in [2.05, 4.69) is 11.1 Å². The highest BCUT2D eigenvalue weighted by atomic mass is 16.5. The molecule has 2 amide bonds. The maximum atomic E-state index is 13.0. The van der Waals surface area contributed by atoms with Crippen molar-refractivity contribution >= 4 is 22.7 Å². The van der Waals surface area contributed by atoms with Crippen molar-refractivity contribution in [1.29, 1.82) is 0 Å². The number of likely N-dealkylation sites (N-methyl/N-ethyl adjacent to an activating group) is 1. The molecule has 2 aliphatic heterocycles. The van der Waals surface area contributed by atoms with Crippen LogP contribution in [-0.2, 0) is 16.0 Å². The summed E-state index contributed by atoms with van der Waals surface area (Å²) in [4.78, 5) is 32.8. The number of carbonyl (C=O) groups is 2. The van der Waals surface area contributed by atoms with Crippen LogP contribution in [-0.4, -0.2) is 53.3 Å². The van der Waals surface area contributed by atoms with Crippen LogP contribution < -0.4 is 4.74 Å². The van der Waals surface area contributed by atoms with Gasteiger partial charge in [0, 0.05) is 30.1 Å². The van der Waals surface area contributed by atoms with Crippen LogP contribution in [0.1, 0.15) is 22.9 Å². The molecule has 2 aromatic carbocycles. The molecule has 0 saturated carbocycles. The van der Waals surface area contributed by atoms with E-state index < -0.39 is 6.04 Å². The number of H-pyrrole nitrogens is 1. The van der Waals surface area contributed by atoms with Crippen molar-refractivity contribution < 1.29 is 14.3 Å². The zero-order valence-electron chi connectivity index (χ0n) is 15.8. The highest BCUT2D eigenvalue weighted by Gasteiger charge is 2.47. The molecule has 1 aromatic heterocycles. The third kappa shape index (κ3) is 2.34. The molecular weight excluding hydrogens is 354 g/mol. The Labute approximate surface area is 162 Å².